The molecular weight excluding hydrogens is 346 g/mol. The van der Waals surface area contributed by atoms with E-state index in [9.17, 15) is 14.4 Å². The number of rotatable bonds is 5. The van der Waals surface area contributed by atoms with Crippen molar-refractivity contribution in [3.05, 3.63) is 81.0 Å². The predicted molar refractivity (Wildman–Crippen MR) is 100 cm³/mol. The molecule has 8 nitrogen and oxygen atoms in total. The standard InChI is InChI=1S/C19H19N5O3/c1-23-15(12-17(25)24(2)19(23)27)18(26)21-11-9-16-20-10-8-14(22-16)13-6-4-3-5-7-13/h3-8,10,12H,9,11H2,1-2H3,(H,21,26). The zero-order chi connectivity index (χ0) is 19.4. The lowest BCUT2D eigenvalue weighted by molar-refractivity contribution is 0.0943. The summed E-state index contributed by atoms with van der Waals surface area (Å²) in [6, 6.07) is 12.7. The highest BCUT2D eigenvalue weighted by Crippen LogP contribution is 2.15. The van der Waals surface area contributed by atoms with Gasteiger partial charge in [-0.25, -0.2) is 14.8 Å². The molecular formula is C19H19N5O3. The van der Waals surface area contributed by atoms with Gasteiger partial charge in [0.25, 0.3) is 11.5 Å². The lowest BCUT2D eigenvalue weighted by atomic mass is 10.1. The van der Waals surface area contributed by atoms with Gasteiger partial charge in [0.15, 0.2) is 0 Å². The number of amides is 1. The molecule has 1 aromatic carbocycles. The maximum absolute atomic E-state index is 12.3. The second-order valence-electron chi connectivity index (χ2n) is 6.00. The Bertz CT molecular complexity index is 1090. The molecule has 2 heterocycles. The van der Waals surface area contributed by atoms with Crippen LogP contribution in [0.3, 0.4) is 0 Å². The number of nitrogens with zero attached hydrogens (tertiary/aromatic N) is 4. The number of hydrogen-bond donors (Lipinski definition) is 1. The van der Waals surface area contributed by atoms with Gasteiger partial charge in [0.1, 0.15) is 11.5 Å². The van der Waals surface area contributed by atoms with Crippen LogP contribution in [0.4, 0.5) is 0 Å². The van der Waals surface area contributed by atoms with Gasteiger partial charge in [0.2, 0.25) is 0 Å². The van der Waals surface area contributed by atoms with Gasteiger partial charge in [0, 0.05) is 44.9 Å². The van der Waals surface area contributed by atoms with Crippen molar-refractivity contribution in [1.29, 1.82) is 0 Å². The Morgan fingerprint density at radius 2 is 1.81 bits per heavy atom. The van der Waals surface area contributed by atoms with Crippen molar-refractivity contribution < 1.29 is 4.79 Å². The summed E-state index contributed by atoms with van der Waals surface area (Å²) in [5, 5.41) is 2.69. The lowest BCUT2D eigenvalue weighted by Gasteiger charge is -2.10. The van der Waals surface area contributed by atoms with Gasteiger partial charge in [0.05, 0.1) is 5.69 Å². The molecule has 3 rings (SSSR count). The normalized spacial score (nSPS) is 10.6. The van der Waals surface area contributed by atoms with E-state index in [-0.39, 0.29) is 12.2 Å². The Labute approximate surface area is 155 Å². The monoisotopic (exact) mass is 365 g/mol. The third-order valence-corrected chi connectivity index (χ3v) is 4.17. The molecule has 8 heteroatoms. The van der Waals surface area contributed by atoms with Crippen LogP contribution in [0.5, 0.6) is 0 Å². The SMILES string of the molecule is Cn1c(C(=O)NCCc2nccc(-c3ccccc3)n2)cc(=O)n(C)c1=O. The number of benzene rings is 1. The van der Waals surface area contributed by atoms with Crippen molar-refractivity contribution in [3.8, 4) is 11.3 Å². The Kier molecular flexibility index (Phi) is 5.25. The van der Waals surface area contributed by atoms with E-state index in [1.807, 2.05) is 36.4 Å². The average molecular weight is 365 g/mol. The summed E-state index contributed by atoms with van der Waals surface area (Å²) < 4.78 is 2.09. The van der Waals surface area contributed by atoms with Crippen molar-refractivity contribution in [2.24, 2.45) is 14.1 Å². The molecule has 0 spiro atoms. The largest absolute Gasteiger partial charge is 0.350 e. The van der Waals surface area contributed by atoms with E-state index in [1.165, 1.54) is 14.1 Å². The third kappa shape index (κ3) is 4.00. The molecule has 3 aromatic rings. The molecule has 1 amide bonds. The highest BCUT2D eigenvalue weighted by molar-refractivity contribution is 5.92. The molecule has 0 radical (unpaired) electrons. The van der Waals surface area contributed by atoms with Crippen LogP contribution in [0.2, 0.25) is 0 Å². The van der Waals surface area contributed by atoms with E-state index >= 15 is 0 Å². The van der Waals surface area contributed by atoms with Crippen LogP contribution >= 0.6 is 0 Å². The Morgan fingerprint density at radius 3 is 2.56 bits per heavy atom. The maximum atomic E-state index is 12.3. The van der Waals surface area contributed by atoms with Gasteiger partial charge in [-0.3, -0.25) is 18.7 Å². The fourth-order valence-electron chi connectivity index (χ4n) is 2.62. The fourth-order valence-corrected chi connectivity index (χ4v) is 2.62. The van der Waals surface area contributed by atoms with Crippen LogP contribution in [0.25, 0.3) is 11.3 Å². The van der Waals surface area contributed by atoms with Gasteiger partial charge < -0.3 is 5.32 Å². The molecule has 1 N–H and O–H groups in total. The van der Waals surface area contributed by atoms with Crippen LogP contribution in [-0.4, -0.2) is 31.6 Å². The Hall–Kier alpha value is -3.55. The molecule has 2 aromatic heterocycles. The van der Waals surface area contributed by atoms with E-state index in [1.54, 1.807) is 6.20 Å². The van der Waals surface area contributed by atoms with E-state index in [0.717, 1.165) is 26.5 Å². The summed E-state index contributed by atoms with van der Waals surface area (Å²) in [5.41, 5.74) is 0.733. The molecule has 0 aliphatic carbocycles. The van der Waals surface area contributed by atoms with Crippen molar-refractivity contribution in [2.45, 2.75) is 6.42 Å². The molecule has 27 heavy (non-hydrogen) atoms. The Morgan fingerprint density at radius 1 is 1.07 bits per heavy atom. The number of carbonyl (C=O) groups is 1. The summed E-state index contributed by atoms with van der Waals surface area (Å²) in [6.45, 7) is 0.278. The van der Waals surface area contributed by atoms with Gasteiger partial charge in [-0.1, -0.05) is 30.3 Å². The van der Waals surface area contributed by atoms with Crippen LogP contribution in [-0.2, 0) is 20.5 Å². The first-order chi connectivity index (χ1) is 13.0. The quantitative estimate of drug-likeness (QED) is 0.710. The second kappa shape index (κ2) is 7.77. The molecule has 0 fully saturated rings. The molecule has 0 aliphatic rings. The summed E-state index contributed by atoms with van der Waals surface area (Å²) in [4.78, 5) is 44.7. The zero-order valence-electron chi connectivity index (χ0n) is 15.0. The van der Waals surface area contributed by atoms with Crippen molar-refractivity contribution in [1.82, 2.24) is 24.4 Å². The summed E-state index contributed by atoms with van der Waals surface area (Å²) >= 11 is 0. The van der Waals surface area contributed by atoms with Crippen LogP contribution in [0.1, 0.15) is 16.3 Å². The van der Waals surface area contributed by atoms with Crippen LogP contribution in [0.15, 0.2) is 58.3 Å². The van der Waals surface area contributed by atoms with Gasteiger partial charge in [-0.05, 0) is 6.07 Å². The van der Waals surface area contributed by atoms with Crippen molar-refractivity contribution in [2.75, 3.05) is 6.54 Å². The van der Waals surface area contributed by atoms with E-state index in [2.05, 4.69) is 15.3 Å². The first kappa shape index (κ1) is 18.2. The number of hydrogen-bond acceptors (Lipinski definition) is 5. The van der Waals surface area contributed by atoms with Crippen molar-refractivity contribution >= 4 is 5.91 Å². The maximum Gasteiger partial charge on any atom is 0.331 e. The van der Waals surface area contributed by atoms with E-state index in [0.29, 0.717) is 12.2 Å². The minimum absolute atomic E-state index is 0.0158. The molecule has 0 unspecified atom stereocenters. The van der Waals surface area contributed by atoms with Crippen LogP contribution in [0, 0.1) is 0 Å². The highest BCUT2D eigenvalue weighted by atomic mass is 16.2. The Balaban J connectivity index is 1.68. The molecule has 0 saturated heterocycles. The minimum atomic E-state index is -0.549. The molecule has 0 saturated carbocycles. The van der Waals surface area contributed by atoms with E-state index < -0.39 is 17.2 Å². The fraction of sp³-hybridized carbons (Fsp3) is 0.211. The zero-order valence-corrected chi connectivity index (χ0v) is 15.0. The minimum Gasteiger partial charge on any atom is -0.350 e. The van der Waals surface area contributed by atoms with Gasteiger partial charge in [-0.2, -0.15) is 0 Å². The van der Waals surface area contributed by atoms with Crippen LogP contribution < -0.4 is 16.6 Å². The summed E-state index contributed by atoms with van der Waals surface area (Å²) in [7, 11) is 2.81. The topological polar surface area (TPSA) is 98.9 Å². The van der Waals surface area contributed by atoms with E-state index in [4.69, 9.17) is 0 Å². The molecule has 138 valence electrons. The third-order valence-electron chi connectivity index (χ3n) is 4.17. The smallest absolute Gasteiger partial charge is 0.331 e. The lowest BCUT2D eigenvalue weighted by Crippen LogP contribution is -2.41. The molecule has 0 bridgehead atoms. The first-order valence-electron chi connectivity index (χ1n) is 8.40. The molecule has 0 aliphatic heterocycles. The van der Waals surface area contributed by atoms with Crippen molar-refractivity contribution in [3.63, 3.8) is 0 Å². The van der Waals surface area contributed by atoms with Gasteiger partial charge in [-0.15, -0.1) is 0 Å². The number of aromatic nitrogens is 4. The molecule has 0 atom stereocenters. The average Bonchev–Trinajstić information content (AvgIpc) is 2.70. The van der Waals surface area contributed by atoms with Gasteiger partial charge >= 0.3 is 5.69 Å². The first-order valence-corrected chi connectivity index (χ1v) is 8.40. The predicted octanol–water partition coefficient (Wildman–Crippen LogP) is 0.513. The number of carbonyl (C=O) groups excluding carboxylic acids is 1. The number of nitrogens with one attached hydrogen (secondary N) is 1. The highest BCUT2D eigenvalue weighted by Gasteiger charge is 2.13. The second-order valence-corrected chi connectivity index (χ2v) is 6.00. The summed E-state index contributed by atoms with van der Waals surface area (Å²) in [5.74, 6) is 0.0982. The summed E-state index contributed by atoms with van der Waals surface area (Å²) in [6.07, 6.45) is 2.10.